The van der Waals surface area contributed by atoms with Crippen molar-refractivity contribution in [1.82, 2.24) is 0 Å². The van der Waals surface area contributed by atoms with Crippen LogP contribution in [-0.2, 0) is 13.2 Å². The molecule has 0 aliphatic carbocycles. The molecule has 2 N–H and O–H groups in total. The monoisotopic (exact) mass is 257 g/mol. The van der Waals surface area contributed by atoms with Crippen LogP contribution in [0.1, 0.15) is 18.1 Å². The molecule has 0 atom stereocenters. The van der Waals surface area contributed by atoms with E-state index in [9.17, 15) is 5.11 Å². The third kappa shape index (κ3) is 3.73. The Morgan fingerprint density at radius 3 is 2.58 bits per heavy atom. The zero-order chi connectivity index (χ0) is 13.5. The summed E-state index contributed by atoms with van der Waals surface area (Å²) in [7, 11) is 0. The lowest BCUT2D eigenvalue weighted by molar-refractivity contribution is 0.267. The maximum Gasteiger partial charge on any atom is 0.124 e. The van der Waals surface area contributed by atoms with Crippen LogP contribution in [0.2, 0.25) is 0 Å². The maximum absolute atomic E-state index is 9.35. The topological polar surface area (TPSA) is 41.5 Å². The number of hydrogen-bond donors (Lipinski definition) is 2. The molecular formula is C16H19NO2. The minimum atomic E-state index is -0.0177. The summed E-state index contributed by atoms with van der Waals surface area (Å²) in [5, 5.41) is 12.7. The predicted octanol–water partition coefficient (Wildman–Crippen LogP) is 3.19. The van der Waals surface area contributed by atoms with Gasteiger partial charge in [0.1, 0.15) is 5.75 Å². The normalized spacial score (nSPS) is 10.2. The van der Waals surface area contributed by atoms with Crippen molar-refractivity contribution in [1.29, 1.82) is 0 Å². The molecule has 0 saturated heterocycles. The molecule has 0 aliphatic rings. The van der Waals surface area contributed by atoms with Crippen LogP contribution < -0.4 is 10.1 Å². The van der Waals surface area contributed by atoms with E-state index in [1.54, 1.807) is 0 Å². The average molecular weight is 257 g/mol. The van der Waals surface area contributed by atoms with Crippen LogP contribution in [0.15, 0.2) is 48.5 Å². The largest absolute Gasteiger partial charge is 0.494 e. The number of anilines is 1. The van der Waals surface area contributed by atoms with Gasteiger partial charge < -0.3 is 15.2 Å². The van der Waals surface area contributed by atoms with E-state index >= 15 is 0 Å². The van der Waals surface area contributed by atoms with Crippen molar-refractivity contribution < 1.29 is 9.84 Å². The van der Waals surface area contributed by atoms with Gasteiger partial charge in [-0.1, -0.05) is 30.3 Å². The fourth-order valence-electron chi connectivity index (χ4n) is 1.91. The number of hydrogen-bond acceptors (Lipinski definition) is 3. The van der Waals surface area contributed by atoms with Crippen molar-refractivity contribution in [3.8, 4) is 5.75 Å². The highest BCUT2D eigenvalue weighted by molar-refractivity contribution is 5.51. The maximum atomic E-state index is 9.35. The predicted molar refractivity (Wildman–Crippen MR) is 77.3 cm³/mol. The summed E-state index contributed by atoms with van der Waals surface area (Å²) in [5.74, 6) is 0.746. The number of aliphatic hydroxyl groups is 1. The van der Waals surface area contributed by atoms with Gasteiger partial charge in [-0.3, -0.25) is 0 Å². The van der Waals surface area contributed by atoms with Crippen molar-refractivity contribution in [3.05, 3.63) is 59.7 Å². The second-order valence-corrected chi connectivity index (χ2v) is 4.25. The lowest BCUT2D eigenvalue weighted by Gasteiger charge is -2.12. The Bertz CT molecular complexity index is 511. The van der Waals surface area contributed by atoms with Crippen LogP contribution >= 0.6 is 0 Å². The molecule has 2 aromatic carbocycles. The van der Waals surface area contributed by atoms with E-state index < -0.39 is 0 Å². The minimum absolute atomic E-state index is 0.0177. The Labute approximate surface area is 113 Å². The van der Waals surface area contributed by atoms with E-state index in [1.165, 1.54) is 5.56 Å². The second kappa shape index (κ2) is 6.81. The van der Waals surface area contributed by atoms with Crippen molar-refractivity contribution >= 4 is 5.69 Å². The van der Waals surface area contributed by atoms with Crippen LogP contribution in [0.4, 0.5) is 5.69 Å². The number of aliphatic hydroxyl groups excluding tert-OH is 1. The quantitative estimate of drug-likeness (QED) is 0.835. The zero-order valence-corrected chi connectivity index (χ0v) is 11.1. The van der Waals surface area contributed by atoms with Gasteiger partial charge in [-0.2, -0.15) is 0 Å². The molecule has 3 heteroatoms. The van der Waals surface area contributed by atoms with Gasteiger partial charge in [0.2, 0.25) is 0 Å². The highest BCUT2D eigenvalue weighted by atomic mass is 16.5. The van der Waals surface area contributed by atoms with E-state index in [4.69, 9.17) is 4.74 Å². The number of benzene rings is 2. The van der Waals surface area contributed by atoms with Gasteiger partial charge in [-0.15, -0.1) is 0 Å². The van der Waals surface area contributed by atoms with Crippen LogP contribution in [0, 0.1) is 0 Å². The Balaban J connectivity index is 2.05. The van der Waals surface area contributed by atoms with Crippen LogP contribution in [0.25, 0.3) is 0 Å². The first-order valence-corrected chi connectivity index (χ1v) is 6.48. The van der Waals surface area contributed by atoms with E-state index in [0.29, 0.717) is 6.61 Å². The van der Waals surface area contributed by atoms with Gasteiger partial charge in [0.15, 0.2) is 0 Å². The molecule has 0 aromatic heterocycles. The van der Waals surface area contributed by atoms with Crippen molar-refractivity contribution in [3.63, 3.8) is 0 Å². The zero-order valence-electron chi connectivity index (χ0n) is 11.1. The number of rotatable bonds is 6. The summed E-state index contributed by atoms with van der Waals surface area (Å²) in [6.07, 6.45) is 0. The fraction of sp³-hybridized carbons (Fsp3) is 0.250. The molecule has 0 amide bonds. The summed E-state index contributed by atoms with van der Waals surface area (Å²) in [6.45, 7) is 3.28. The fourth-order valence-corrected chi connectivity index (χ4v) is 1.91. The molecule has 2 rings (SSSR count). The molecular weight excluding hydrogens is 238 g/mol. The molecule has 0 radical (unpaired) electrons. The summed E-state index contributed by atoms with van der Waals surface area (Å²) in [5.41, 5.74) is 3.01. The standard InChI is InChI=1S/C16H19NO2/c1-2-19-16-9-8-15(10-14(16)12-18)17-11-13-6-4-3-5-7-13/h3-10,17-18H,2,11-12H2,1H3. The molecule has 0 bridgehead atoms. The van der Waals surface area contributed by atoms with Crippen molar-refractivity contribution in [2.24, 2.45) is 0 Å². The molecule has 0 fully saturated rings. The number of nitrogens with one attached hydrogen (secondary N) is 1. The third-order valence-corrected chi connectivity index (χ3v) is 2.87. The van der Waals surface area contributed by atoms with Gasteiger partial charge in [0.25, 0.3) is 0 Å². The van der Waals surface area contributed by atoms with Crippen LogP contribution in [-0.4, -0.2) is 11.7 Å². The summed E-state index contributed by atoms with van der Waals surface area (Å²) < 4.78 is 5.46. The molecule has 2 aromatic rings. The third-order valence-electron chi connectivity index (χ3n) is 2.87. The van der Waals surface area contributed by atoms with Crippen LogP contribution in [0.3, 0.4) is 0 Å². The molecule has 19 heavy (non-hydrogen) atoms. The van der Waals surface area contributed by atoms with E-state index in [1.807, 2.05) is 43.3 Å². The molecule has 3 nitrogen and oxygen atoms in total. The van der Waals surface area contributed by atoms with Gasteiger partial charge in [0, 0.05) is 17.8 Å². The summed E-state index contributed by atoms with van der Waals surface area (Å²) in [4.78, 5) is 0. The van der Waals surface area contributed by atoms with E-state index in [-0.39, 0.29) is 6.61 Å². The molecule has 0 saturated carbocycles. The first kappa shape index (κ1) is 13.4. The van der Waals surface area contributed by atoms with Gasteiger partial charge >= 0.3 is 0 Å². The van der Waals surface area contributed by atoms with Gasteiger partial charge in [-0.25, -0.2) is 0 Å². The first-order chi connectivity index (χ1) is 9.33. The lowest BCUT2D eigenvalue weighted by atomic mass is 10.1. The highest BCUT2D eigenvalue weighted by Crippen LogP contribution is 2.23. The average Bonchev–Trinajstić information content (AvgIpc) is 2.47. The first-order valence-electron chi connectivity index (χ1n) is 6.48. The Hall–Kier alpha value is -2.00. The van der Waals surface area contributed by atoms with Crippen LogP contribution in [0.5, 0.6) is 5.75 Å². The minimum Gasteiger partial charge on any atom is -0.494 e. The Morgan fingerprint density at radius 2 is 1.89 bits per heavy atom. The van der Waals surface area contributed by atoms with Crippen molar-refractivity contribution in [2.45, 2.75) is 20.1 Å². The van der Waals surface area contributed by atoms with E-state index in [2.05, 4.69) is 17.4 Å². The second-order valence-electron chi connectivity index (χ2n) is 4.25. The summed E-state index contributed by atoms with van der Waals surface area (Å²) >= 11 is 0. The van der Waals surface area contributed by atoms with E-state index in [0.717, 1.165) is 23.5 Å². The molecule has 100 valence electrons. The Kier molecular flexibility index (Phi) is 4.81. The number of ether oxygens (including phenoxy) is 1. The molecule has 0 aliphatic heterocycles. The molecule has 0 spiro atoms. The van der Waals surface area contributed by atoms with Crippen molar-refractivity contribution in [2.75, 3.05) is 11.9 Å². The smallest absolute Gasteiger partial charge is 0.124 e. The van der Waals surface area contributed by atoms with Gasteiger partial charge in [0.05, 0.1) is 13.2 Å². The summed E-state index contributed by atoms with van der Waals surface area (Å²) in [6, 6.07) is 16.0. The SMILES string of the molecule is CCOc1ccc(NCc2ccccc2)cc1CO. The lowest BCUT2D eigenvalue weighted by Crippen LogP contribution is -2.01. The van der Waals surface area contributed by atoms with Gasteiger partial charge in [-0.05, 0) is 30.7 Å². The highest BCUT2D eigenvalue weighted by Gasteiger charge is 2.03. The molecule has 0 unspecified atom stereocenters. The Morgan fingerprint density at radius 1 is 1.11 bits per heavy atom. The molecule has 0 heterocycles.